The number of aliphatic hydroxyl groups excluding tert-OH is 2. The van der Waals surface area contributed by atoms with Gasteiger partial charge in [-0.3, -0.25) is 14.4 Å². The minimum absolute atomic E-state index is 0.0846. The van der Waals surface area contributed by atoms with Crippen molar-refractivity contribution in [1.82, 2.24) is 10.6 Å². The summed E-state index contributed by atoms with van der Waals surface area (Å²) in [5, 5.41) is 43.9. The molecule has 0 unspecified atom stereocenters. The van der Waals surface area contributed by atoms with Crippen molar-refractivity contribution < 1.29 is 39.5 Å². The second-order valence-electron chi connectivity index (χ2n) is 5.70. The molecule has 10 nitrogen and oxygen atoms in total. The molecule has 2 amide bonds. The zero-order valence-corrected chi connectivity index (χ0v) is 12.3. The Morgan fingerprint density at radius 1 is 1.39 bits per heavy atom. The average Bonchev–Trinajstić information content (AvgIpc) is 2.49. The number of nitrogens with one attached hydrogen (secondary N) is 2. The van der Waals surface area contributed by atoms with Crippen molar-refractivity contribution in [2.45, 2.75) is 36.5 Å². The van der Waals surface area contributed by atoms with E-state index in [0.29, 0.717) is 6.29 Å². The van der Waals surface area contributed by atoms with Crippen molar-refractivity contribution in [2.24, 2.45) is 0 Å². The molecule has 3 saturated heterocycles. The number of aliphatic hydroxyl groups is 4. The molecule has 0 aliphatic carbocycles. The first-order chi connectivity index (χ1) is 10.6. The second kappa shape index (κ2) is 5.65. The molecule has 10 heteroatoms. The molecule has 0 radical (unpaired) electrons. The lowest BCUT2D eigenvalue weighted by Crippen LogP contribution is -2.82. The number of carbonyl (C=O) groups is 3. The molecule has 3 heterocycles. The Morgan fingerprint density at radius 2 is 2.04 bits per heavy atom. The quantitative estimate of drug-likeness (QED) is 0.226. The van der Waals surface area contributed by atoms with E-state index in [-0.39, 0.29) is 18.6 Å². The first kappa shape index (κ1) is 17.5. The van der Waals surface area contributed by atoms with Gasteiger partial charge in [0, 0.05) is 0 Å². The smallest absolute Gasteiger partial charge is 0.280 e. The van der Waals surface area contributed by atoms with E-state index in [4.69, 9.17) is 9.84 Å². The van der Waals surface area contributed by atoms with Crippen LogP contribution in [0.4, 0.5) is 0 Å². The third-order valence-electron chi connectivity index (χ3n) is 3.99. The molecule has 3 rings (SSSR count). The maximum Gasteiger partial charge on any atom is 0.280 e. The highest BCUT2D eigenvalue weighted by Gasteiger charge is 2.63. The molecule has 0 spiro atoms. The van der Waals surface area contributed by atoms with Gasteiger partial charge in [0.2, 0.25) is 5.72 Å². The van der Waals surface area contributed by atoms with Crippen molar-refractivity contribution in [3.05, 3.63) is 11.6 Å². The van der Waals surface area contributed by atoms with Crippen LogP contribution in [0.5, 0.6) is 0 Å². The van der Waals surface area contributed by atoms with Crippen molar-refractivity contribution in [3.8, 4) is 0 Å². The summed E-state index contributed by atoms with van der Waals surface area (Å²) in [6.07, 6.45) is -0.826. The summed E-state index contributed by atoms with van der Waals surface area (Å²) in [6, 6.07) is 0. The average molecular weight is 330 g/mol. The summed E-state index contributed by atoms with van der Waals surface area (Å²) in [6.45, 7) is -0.107. The summed E-state index contributed by atoms with van der Waals surface area (Å²) in [7, 11) is 0. The van der Waals surface area contributed by atoms with Gasteiger partial charge in [-0.2, -0.15) is 0 Å². The minimum Gasteiger partial charge on any atom is -0.393 e. The number of hydrogen-bond acceptors (Lipinski definition) is 8. The Morgan fingerprint density at radius 3 is 2.61 bits per heavy atom. The van der Waals surface area contributed by atoms with Crippen molar-refractivity contribution in [3.63, 3.8) is 0 Å². The van der Waals surface area contributed by atoms with Crippen LogP contribution in [-0.4, -0.2) is 74.9 Å². The molecule has 23 heavy (non-hydrogen) atoms. The Bertz CT molecular complexity index is 574. The van der Waals surface area contributed by atoms with Gasteiger partial charge in [-0.25, -0.2) is 0 Å². The summed E-state index contributed by atoms with van der Waals surface area (Å²) >= 11 is 0. The molecule has 0 aromatic rings. The largest absolute Gasteiger partial charge is 0.393 e. The van der Waals surface area contributed by atoms with Gasteiger partial charge in [-0.1, -0.05) is 0 Å². The van der Waals surface area contributed by atoms with Gasteiger partial charge >= 0.3 is 0 Å². The van der Waals surface area contributed by atoms with Gasteiger partial charge in [-0.15, -0.1) is 0 Å². The molecule has 6 N–H and O–H groups in total. The number of ether oxygens (including phenoxy) is 1. The highest BCUT2D eigenvalue weighted by molar-refractivity contribution is 6.03. The fourth-order valence-corrected chi connectivity index (χ4v) is 2.54. The molecule has 3 aliphatic heterocycles. The highest BCUT2D eigenvalue weighted by Crippen LogP contribution is 2.33. The number of hydrogen-bond donors (Lipinski definition) is 6. The van der Waals surface area contributed by atoms with Crippen LogP contribution >= 0.6 is 0 Å². The molecule has 128 valence electrons. The normalized spacial score (nSPS) is 36.5. The van der Waals surface area contributed by atoms with Gasteiger partial charge in [0.15, 0.2) is 0 Å². The number of allylic oxidation sites excluding steroid dienone is 1. The maximum atomic E-state index is 12.4. The zero-order valence-electron chi connectivity index (χ0n) is 12.3. The van der Waals surface area contributed by atoms with Crippen LogP contribution in [0, 0.1) is 0 Å². The lowest BCUT2D eigenvalue weighted by atomic mass is 9.84. The molecule has 3 fully saturated rings. The molecule has 0 aromatic carbocycles. The van der Waals surface area contributed by atoms with Crippen LogP contribution in [0.15, 0.2) is 11.6 Å². The van der Waals surface area contributed by atoms with Crippen molar-refractivity contribution in [1.29, 1.82) is 0 Å². The lowest BCUT2D eigenvalue weighted by molar-refractivity contribution is -0.230. The number of rotatable bonds is 4. The van der Waals surface area contributed by atoms with E-state index >= 15 is 0 Å². The molecule has 0 aromatic heterocycles. The van der Waals surface area contributed by atoms with E-state index < -0.39 is 41.6 Å². The topological polar surface area (TPSA) is 165 Å². The van der Waals surface area contributed by atoms with Crippen molar-refractivity contribution >= 4 is 18.1 Å². The van der Waals surface area contributed by atoms with Gasteiger partial charge in [0.05, 0.1) is 13.2 Å². The Kier molecular flexibility index (Phi) is 4.30. The molecule has 3 aliphatic rings. The van der Waals surface area contributed by atoms with Crippen LogP contribution in [-0.2, 0) is 19.1 Å². The molecule has 4 atom stereocenters. The number of piperazine rings is 1. The van der Waals surface area contributed by atoms with E-state index in [1.165, 1.54) is 0 Å². The fraction of sp³-hybridized carbons (Fsp3) is 0.615. The number of amides is 2. The number of carbonyl (C=O) groups excluding carboxylic acids is 3. The lowest BCUT2D eigenvalue weighted by Gasteiger charge is -2.49. The Balaban J connectivity index is 2.49. The van der Waals surface area contributed by atoms with E-state index in [0.717, 1.165) is 13.0 Å². The Labute approximate surface area is 130 Å². The summed E-state index contributed by atoms with van der Waals surface area (Å²) in [5.74, 6) is -2.27. The standard InChI is InChI=1S/C13H18N2O8/c1-11(21,6-17)8(18)13-10(20)14-12(22,9(19)15-13)7(2-4-16)3-5-23-13/h2,4,8,17-18,21-22H,3,5-6H2,1H3,(H,14,20)(H,15,19)/b7-2+/t8-,11-,12-,13+/m1/s1. The third-order valence-corrected chi connectivity index (χ3v) is 3.99. The van der Waals surface area contributed by atoms with Crippen LogP contribution in [0.2, 0.25) is 0 Å². The summed E-state index contributed by atoms with van der Waals surface area (Å²) in [4.78, 5) is 35.3. The van der Waals surface area contributed by atoms with Gasteiger partial charge in [0.25, 0.3) is 17.5 Å². The predicted molar refractivity (Wildman–Crippen MR) is 72.4 cm³/mol. The zero-order chi connectivity index (χ0) is 17.5. The molecule has 2 bridgehead atoms. The third kappa shape index (κ3) is 2.54. The minimum atomic E-state index is -2.46. The van der Waals surface area contributed by atoms with Crippen LogP contribution < -0.4 is 10.6 Å². The molecular formula is C13H18N2O8. The SMILES string of the molecule is C[C@@](O)(CO)[C@@H](O)[C@@]12NC(=O)[C@@](O)(NC1=O)/C(=C/C=O)CCO2. The van der Waals surface area contributed by atoms with Gasteiger partial charge < -0.3 is 35.8 Å². The van der Waals surface area contributed by atoms with Crippen LogP contribution in [0.25, 0.3) is 0 Å². The van der Waals surface area contributed by atoms with Gasteiger partial charge in [0.1, 0.15) is 18.0 Å². The van der Waals surface area contributed by atoms with E-state index in [1.807, 2.05) is 10.6 Å². The molecule has 0 saturated carbocycles. The first-order valence-electron chi connectivity index (χ1n) is 6.81. The summed E-state index contributed by atoms with van der Waals surface area (Å²) in [5.41, 5.74) is -7.10. The highest BCUT2D eigenvalue weighted by atomic mass is 16.5. The van der Waals surface area contributed by atoms with Crippen LogP contribution in [0.1, 0.15) is 13.3 Å². The van der Waals surface area contributed by atoms with E-state index in [1.54, 1.807) is 0 Å². The van der Waals surface area contributed by atoms with Crippen LogP contribution in [0.3, 0.4) is 0 Å². The number of fused-ring (bicyclic) bond motifs is 5. The fourth-order valence-electron chi connectivity index (χ4n) is 2.54. The van der Waals surface area contributed by atoms with Gasteiger partial charge in [-0.05, 0) is 25.0 Å². The molecular weight excluding hydrogens is 312 g/mol. The second-order valence-corrected chi connectivity index (χ2v) is 5.70. The monoisotopic (exact) mass is 330 g/mol. The Hall–Kier alpha value is -1.85. The van der Waals surface area contributed by atoms with E-state index in [2.05, 4.69) is 0 Å². The maximum absolute atomic E-state index is 12.4. The van der Waals surface area contributed by atoms with E-state index in [9.17, 15) is 29.7 Å². The number of aldehydes is 1. The first-order valence-corrected chi connectivity index (χ1v) is 6.81. The summed E-state index contributed by atoms with van der Waals surface area (Å²) < 4.78 is 5.28. The predicted octanol–water partition coefficient (Wildman–Crippen LogP) is -3.73. The van der Waals surface area contributed by atoms with Crippen molar-refractivity contribution in [2.75, 3.05) is 13.2 Å².